The predicted molar refractivity (Wildman–Crippen MR) is 98.3 cm³/mol. The van der Waals surface area contributed by atoms with Crippen LogP contribution in [0.1, 0.15) is 47.9 Å². The average molecular weight is 389 g/mol. The van der Waals surface area contributed by atoms with Gasteiger partial charge in [-0.05, 0) is 31.4 Å². The summed E-state index contributed by atoms with van der Waals surface area (Å²) in [5.41, 5.74) is 0.443. The number of carbonyl (C=O) groups is 5. The molecule has 0 bridgehead atoms. The van der Waals surface area contributed by atoms with Crippen molar-refractivity contribution in [3.05, 3.63) is 35.4 Å². The minimum atomic E-state index is -1.28. The lowest BCUT2D eigenvalue weighted by Gasteiger charge is -2.27. The largest absolute Gasteiger partial charge is 0.451 e. The van der Waals surface area contributed by atoms with E-state index in [0.29, 0.717) is 0 Å². The van der Waals surface area contributed by atoms with Crippen LogP contribution in [0.25, 0.3) is 0 Å². The molecular formula is C19H23N3O6. The molecule has 1 aliphatic rings. The number of nitrogens with one attached hydrogen (secondary N) is 2. The molecule has 0 radical (unpaired) electrons. The zero-order chi connectivity index (χ0) is 21.0. The molecule has 28 heavy (non-hydrogen) atoms. The molecule has 0 aliphatic carbocycles. The maximum absolute atomic E-state index is 12.7. The molecule has 1 aromatic carbocycles. The van der Waals surface area contributed by atoms with Crippen LogP contribution in [-0.4, -0.2) is 53.8 Å². The summed E-state index contributed by atoms with van der Waals surface area (Å²) in [6, 6.07) is 4.39. The van der Waals surface area contributed by atoms with Gasteiger partial charge in [-0.25, -0.2) is 9.59 Å². The third-order valence-corrected chi connectivity index (χ3v) is 4.23. The van der Waals surface area contributed by atoms with E-state index in [1.54, 1.807) is 12.1 Å². The summed E-state index contributed by atoms with van der Waals surface area (Å²) < 4.78 is 5.15. The van der Waals surface area contributed by atoms with Gasteiger partial charge < -0.3 is 10.1 Å². The SMILES string of the molecule is CNC(=O)NC(=O)[C@H](C)OC(=O)[C@@H](CC(C)C)N1C(=O)c2ccccc2C1=O. The summed E-state index contributed by atoms with van der Waals surface area (Å²) in [6.07, 6.45) is -1.11. The van der Waals surface area contributed by atoms with Crippen LogP contribution in [0.3, 0.4) is 0 Å². The molecular weight excluding hydrogens is 366 g/mol. The molecule has 150 valence electrons. The fraction of sp³-hybridized carbons (Fsp3) is 0.421. The highest BCUT2D eigenvalue weighted by molar-refractivity contribution is 6.22. The van der Waals surface area contributed by atoms with E-state index >= 15 is 0 Å². The van der Waals surface area contributed by atoms with E-state index < -0.39 is 41.9 Å². The molecule has 0 saturated carbocycles. The maximum Gasteiger partial charge on any atom is 0.330 e. The number of ether oxygens (including phenoxy) is 1. The number of urea groups is 1. The van der Waals surface area contributed by atoms with Crippen molar-refractivity contribution >= 4 is 29.7 Å². The standard InChI is InChI=1S/C19H23N3O6/c1-10(2)9-14(18(26)28-11(3)15(23)21-19(27)20-4)22-16(24)12-7-5-6-8-13(12)17(22)25/h5-8,10-11,14H,9H2,1-4H3,(H2,20,21,23,27)/t11-,14+/m0/s1. The lowest BCUT2D eigenvalue weighted by molar-refractivity contribution is -0.158. The Morgan fingerprint density at radius 2 is 1.57 bits per heavy atom. The topological polar surface area (TPSA) is 122 Å². The second-order valence-electron chi connectivity index (χ2n) is 6.82. The first-order valence-electron chi connectivity index (χ1n) is 8.87. The summed E-state index contributed by atoms with van der Waals surface area (Å²) in [6.45, 7) is 4.96. The van der Waals surface area contributed by atoms with Gasteiger partial charge in [-0.15, -0.1) is 0 Å². The molecule has 2 N–H and O–H groups in total. The summed E-state index contributed by atoms with van der Waals surface area (Å²) in [5, 5.41) is 4.21. The van der Waals surface area contributed by atoms with Crippen LogP contribution in [0.15, 0.2) is 24.3 Å². The monoisotopic (exact) mass is 389 g/mol. The zero-order valence-corrected chi connectivity index (χ0v) is 16.1. The van der Waals surface area contributed by atoms with Gasteiger partial charge in [-0.1, -0.05) is 26.0 Å². The first-order chi connectivity index (χ1) is 13.2. The Bertz CT molecular complexity index is 785. The number of benzene rings is 1. The number of amides is 5. The van der Waals surface area contributed by atoms with Crippen molar-refractivity contribution in [2.24, 2.45) is 5.92 Å². The van der Waals surface area contributed by atoms with E-state index in [1.807, 2.05) is 19.2 Å². The number of nitrogens with zero attached hydrogens (tertiary/aromatic N) is 1. The Balaban J connectivity index is 2.21. The molecule has 5 amide bonds. The van der Waals surface area contributed by atoms with Crippen molar-refractivity contribution in [2.75, 3.05) is 7.05 Å². The van der Waals surface area contributed by atoms with Crippen LogP contribution in [0.5, 0.6) is 0 Å². The highest BCUT2D eigenvalue weighted by atomic mass is 16.5. The van der Waals surface area contributed by atoms with Gasteiger partial charge in [-0.3, -0.25) is 24.6 Å². The molecule has 9 heteroatoms. The third-order valence-electron chi connectivity index (χ3n) is 4.23. The van der Waals surface area contributed by atoms with Gasteiger partial charge in [-0.2, -0.15) is 0 Å². The number of fused-ring (bicyclic) bond motifs is 1. The minimum Gasteiger partial charge on any atom is -0.451 e. The van der Waals surface area contributed by atoms with Gasteiger partial charge in [0.15, 0.2) is 6.10 Å². The second-order valence-corrected chi connectivity index (χ2v) is 6.82. The summed E-state index contributed by atoms with van der Waals surface area (Å²) in [5.74, 6) is -2.89. The Kier molecular flexibility index (Phi) is 6.50. The molecule has 0 aromatic heterocycles. The molecule has 1 aliphatic heterocycles. The van der Waals surface area contributed by atoms with Crippen LogP contribution in [0.4, 0.5) is 4.79 Å². The van der Waals surface area contributed by atoms with Crippen molar-refractivity contribution in [1.29, 1.82) is 0 Å². The van der Waals surface area contributed by atoms with Gasteiger partial charge >= 0.3 is 12.0 Å². The van der Waals surface area contributed by atoms with Crippen molar-refractivity contribution in [3.63, 3.8) is 0 Å². The molecule has 1 heterocycles. The summed E-state index contributed by atoms with van der Waals surface area (Å²) >= 11 is 0. The van der Waals surface area contributed by atoms with Crippen LogP contribution in [-0.2, 0) is 14.3 Å². The van der Waals surface area contributed by atoms with Gasteiger partial charge in [0.1, 0.15) is 6.04 Å². The number of imide groups is 2. The molecule has 0 saturated heterocycles. The van der Waals surface area contributed by atoms with Crippen molar-refractivity contribution in [2.45, 2.75) is 39.3 Å². The van der Waals surface area contributed by atoms with Gasteiger partial charge in [0, 0.05) is 7.05 Å². The van der Waals surface area contributed by atoms with Crippen LogP contribution >= 0.6 is 0 Å². The zero-order valence-electron chi connectivity index (χ0n) is 16.1. The number of hydrogen-bond acceptors (Lipinski definition) is 6. The fourth-order valence-corrected chi connectivity index (χ4v) is 2.83. The van der Waals surface area contributed by atoms with Crippen molar-refractivity contribution in [1.82, 2.24) is 15.5 Å². The molecule has 9 nitrogen and oxygen atoms in total. The highest BCUT2D eigenvalue weighted by Crippen LogP contribution is 2.27. The van der Waals surface area contributed by atoms with Crippen LogP contribution in [0, 0.1) is 5.92 Å². The number of carbonyl (C=O) groups excluding carboxylic acids is 5. The quantitative estimate of drug-likeness (QED) is 0.555. The Morgan fingerprint density at radius 1 is 1.04 bits per heavy atom. The lowest BCUT2D eigenvalue weighted by Crippen LogP contribution is -2.49. The first kappa shape index (κ1) is 21.1. The van der Waals surface area contributed by atoms with E-state index in [9.17, 15) is 24.0 Å². The minimum absolute atomic E-state index is 0.0307. The normalized spacial score (nSPS) is 15.1. The van der Waals surface area contributed by atoms with E-state index in [-0.39, 0.29) is 23.5 Å². The van der Waals surface area contributed by atoms with E-state index in [2.05, 4.69) is 5.32 Å². The Morgan fingerprint density at radius 3 is 2.04 bits per heavy atom. The Labute approximate surface area is 162 Å². The molecule has 2 rings (SSSR count). The molecule has 0 spiro atoms. The van der Waals surface area contributed by atoms with Gasteiger partial charge in [0.25, 0.3) is 17.7 Å². The van der Waals surface area contributed by atoms with Gasteiger partial charge in [0.05, 0.1) is 11.1 Å². The molecule has 0 unspecified atom stereocenters. The van der Waals surface area contributed by atoms with Gasteiger partial charge in [0.2, 0.25) is 0 Å². The Hall–Kier alpha value is -3.23. The fourth-order valence-electron chi connectivity index (χ4n) is 2.83. The summed E-state index contributed by atoms with van der Waals surface area (Å²) in [4.78, 5) is 62.2. The van der Waals surface area contributed by atoms with Crippen molar-refractivity contribution < 1.29 is 28.7 Å². The maximum atomic E-state index is 12.7. The van der Waals surface area contributed by atoms with E-state index in [4.69, 9.17) is 4.74 Å². The highest BCUT2D eigenvalue weighted by Gasteiger charge is 2.44. The average Bonchev–Trinajstić information content (AvgIpc) is 2.90. The van der Waals surface area contributed by atoms with E-state index in [0.717, 1.165) is 4.90 Å². The summed E-state index contributed by atoms with van der Waals surface area (Å²) in [7, 11) is 1.33. The number of rotatable bonds is 6. The van der Waals surface area contributed by atoms with Crippen molar-refractivity contribution in [3.8, 4) is 0 Å². The van der Waals surface area contributed by atoms with E-state index in [1.165, 1.54) is 26.1 Å². The molecule has 1 aromatic rings. The first-order valence-corrected chi connectivity index (χ1v) is 8.87. The second kappa shape index (κ2) is 8.64. The number of esters is 1. The predicted octanol–water partition coefficient (Wildman–Crippen LogP) is 1.08. The molecule has 0 fully saturated rings. The lowest BCUT2D eigenvalue weighted by atomic mass is 10.0. The van der Waals surface area contributed by atoms with Crippen LogP contribution in [0.2, 0.25) is 0 Å². The van der Waals surface area contributed by atoms with Crippen LogP contribution < -0.4 is 10.6 Å². The number of hydrogen-bond donors (Lipinski definition) is 2. The third kappa shape index (κ3) is 4.36. The molecule has 2 atom stereocenters. The smallest absolute Gasteiger partial charge is 0.330 e.